The molecule has 0 spiro atoms. The van der Waals surface area contributed by atoms with Gasteiger partial charge in [0.25, 0.3) is 0 Å². The summed E-state index contributed by atoms with van der Waals surface area (Å²) in [4.78, 5) is 16.1. The van der Waals surface area contributed by atoms with Crippen LogP contribution < -0.4 is 9.88 Å². The van der Waals surface area contributed by atoms with E-state index in [1.165, 1.54) is 0 Å². The highest BCUT2D eigenvalue weighted by Gasteiger charge is 2.36. The molecule has 2 aromatic carbocycles. The summed E-state index contributed by atoms with van der Waals surface area (Å²) in [5.74, 6) is 0.0315. The number of hydrogen-bond donors (Lipinski definition) is 2. The minimum atomic E-state index is -0.705. The third kappa shape index (κ3) is 3.79. The quantitative estimate of drug-likeness (QED) is 0.507. The van der Waals surface area contributed by atoms with E-state index >= 15 is 0 Å². The average Bonchev–Trinajstić information content (AvgIpc) is 3.19. The van der Waals surface area contributed by atoms with Gasteiger partial charge in [0.15, 0.2) is 0 Å². The lowest BCUT2D eigenvalue weighted by Gasteiger charge is -2.29. The predicted molar refractivity (Wildman–Crippen MR) is 98.0 cm³/mol. The van der Waals surface area contributed by atoms with E-state index in [9.17, 15) is 4.79 Å². The zero-order valence-corrected chi connectivity index (χ0v) is 14.5. The van der Waals surface area contributed by atoms with Crippen molar-refractivity contribution in [1.29, 1.82) is 0 Å². The molecule has 1 aromatic heterocycles. The fraction of sp³-hybridized carbons (Fsp3) is 0.238. The topological polar surface area (TPSA) is 48.8 Å². The van der Waals surface area contributed by atoms with Crippen molar-refractivity contribution in [2.45, 2.75) is 25.3 Å². The summed E-state index contributed by atoms with van der Waals surface area (Å²) in [6, 6.07) is 19.9. The normalized spacial score (nSPS) is 11.2. The minimum absolute atomic E-state index is 0.0315. The summed E-state index contributed by atoms with van der Waals surface area (Å²) in [7, 11) is 0. The number of carbonyl (C=O) groups excluding carboxylic acids is 1. The summed E-state index contributed by atoms with van der Waals surface area (Å²) in [6.45, 7) is 3.51. The Morgan fingerprint density at radius 1 is 1.04 bits per heavy atom. The molecule has 0 fully saturated rings. The molecule has 0 saturated carbocycles. The van der Waals surface area contributed by atoms with E-state index in [1.807, 2.05) is 86.3 Å². The maximum absolute atomic E-state index is 13.1. The number of rotatable bonds is 7. The van der Waals surface area contributed by atoms with Gasteiger partial charge in [-0.05, 0) is 18.1 Å². The Labute approximate surface area is 148 Å². The van der Waals surface area contributed by atoms with E-state index in [0.717, 1.165) is 24.1 Å². The van der Waals surface area contributed by atoms with Crippen molar-refractivity contribution in [3.05, 3.63) is 90.5 Å². The van der Waals surface area contributed by atoms with E-state index in [2.05, 4.69) is 14.9 Å². The van der Waals surface area contributed by atoms with E-state index < -0.39 is 5.41 Å². The molecule has 0 aliphatic heterocycles. The molecule has 3 aromatic rings. The number of nitrogens with one attached hydrogen (secondary N) is 2. The standard InChI is InChI=1S/C21H23N3O/c1-21(18-9-4-2-5-10-18,19-11-6-3-7-12-19)20(25)23-13-8-15-24-16-14-22-17-24/h2-7,9-12,14,16-17H,8,13,15H2,1H3,(H,23,25)/p+1. The molecular weight excluding hydrogens is 310 g/mol. The Balaban J connectivity index is 1.74. The van der Waals surface area contributed by atoms with Gasteiger partial charge >= 0.3 is 0 Å². The number of aromatic amines is 1. The maximum Gasteiger partial charge on any atom is 0.241 e. The number of amides is 1. The molecule has 4 nitrogen and oxygen atoms in total. The van der Waals surface area contributed by atoms with E-state index in [4.69, 9.17) is 0 Å². The van der Waals surface area contributed by atoms with Crippen molar-refractivity contribution in [1.82, 2.24) is 10.3 Å². The Morgan fingerprint density at radius 2 is 1.64 bits per heavy atom. The Hall–Kier alpha value is -2.88. The van der Waals surface area contributed by atoms with Crippen LogP contribution in [0.4, 0.5) is 0 Å². The van der Waals surface area contributed by atoms with E-state index in [-0.39, 0.29) is 5.91 Å². The van der Waals surface area contributed by atoms with Crippen LogP contribution in [0, 0.1) is 0 Å². The highest BCUT2D eigenvalue weighted by molar-refractivity contribution is 5.91. The molecule has 0 unspecified atom stereocenters. The summed E-state index contributed by atoms with van der Waals surface area (Å²) in [6.07, 6.45) is 6.67. The van der Waals surface area contributed by atoms with Crippen molar-refractivity contribution in [3.8, 4) is 0 Å². The van der Waals surface area contributed by atoms with Gasteiger partial charge in [0, 0.05) is 13.0 Å². The number of H-pyrrole nitrogens is 1. The first kappa shape index (κ1) is 17.0. The van der Waals surface area contributed by atoms with Crippen LogP contribution in [0.5, 0.6) is 0 Å². The van der Waals surface area contributed by atoms with Crippen LogP contribution >= 0.6 is 0 Å². The molecule has 0 atom stereocenters. The first-order chi connectivity index (χ1) is 12.2. The van der Waals surface area contributed by atoms with Gasteiger partial charge in [0.1, 0.15) is 12.4 Å². The van der Waals surface area contributed by atoms with Gasteiger partial charge in [-0.2, -0.15) is 0 Å². The van der Waals surface area contributed by atoms with Crippen molar-refractivity contribution in [3.63, 3.8) is 0 Å². The third-order valence-electron chi connectivity index (χ3n) is 4.64. The van der Waals surface area contributed by atoms with Gasteiger partial charge in [-0.25, -0.2) is 4.57 Å². The summed E-state index contributed by atoms with van der Waals surface area (Å²) in [5.41, 5.74) is 1.29. The summed E-state index contributed by atoms with van der Waals surface area (Å²) >= 11 is 0. The van der Waals surface area contributed by atoms with Crippen molar-refractivity contribution < 1.29 is 9.36 Å². The second-order valence-electron chi connectivity index (χ2n) is 6.32. The van der Waals surface area contributed by atoms with Crippen molar-refractivity contribution >= 4 is 5.91 Å². The van der Waals surface area contributed by atoms with Gasteiger partial charge < -0.3 is 5.32 Å². The molecule has 0 aliphatic carbocycles. The van der Waals surface area contributed by atoms with Gasteiger partial charge in [0.2, 0.25) is 12.2 Å². The van der Waals surface area contributed by atoms with E-state index in [0.29, 0.717) is 6.54 Å². The second-order valence-corrected chi connectivity index (χ2v) is 6.32. The monoisotopic (exact) mass is 334 g/mol. The number of carbonyl (C=O) groups is 1. The van der Waals surface area contributed by atoms with Crippen LogP contribution in [0.1, 0.15) is 24.5 Å². The fourth-order valence-corrected chi connectivity index (χ4v) is 3.07. The molecular formula is C21H24N3O+. The second kappa shape index (κ2) is 7.79. The molecule has 25 heavy (non-hydrogen) atoms. The van der Waals surface area contributed by atoms with Gasteiger partial charge in [-0.1, -0.05) is 60.7 Å². The van der Waals surface area contributed by atoms with Gasteiger partial charge in [-0.3, -0.25) is 9.78 Å². The smallest absolute Gasteiger partial charge is 0.241 e. The van der Waals surface area contributed by atoms with Gasteiger partial charge in [-0.15, -0.1) is 0 Å². The molecule has 2 N–H and O–H groups in total. The van der Waals surface area contributed by atoms with Crippen molar-refractivity contribution in [2.75, 3.05) is 6.54 Å². The number of aromatic nitrogens is 2. The lowest BCUT2D eigenvalue weighted by molar-refractivity contribution is -0.695. The van der Waals surface area contributed by atoms with Crippen LogP contribution in [-0.4, -0.2) is 17.4 Å². The van der Waals surface area contributed by atoms with E-state index in [1.54, 1.807) is 0 Å². The van der Waals surface area contributed by atoms with Crippen LogP contribution in [0.2, 0.25) is 0 Å². The summed E-state index contributed by atoms with van der Waals surface area (Å²) in [5, 5.41) is 3.12. The minimum Gasteiger partial charge on any atom is -0.355 e. The number of imidazole rings is 1. The van der Waals surface area contributed by atoms with Crippen LogP contribution in [0.15, 0.2) is 79.4 Å². The zero-order valence-electron chi connectivity index (χ0n) is 14.5. The highest BCUT2D eigenvalue weighted by Crippen LogP contribution is 2.32. The third-order valence-corrected chi connectivity index (χ3v) is 4.64. The SMILES string of the molecule is CC(C(=O)NCCC[n+]1cc[nH]c1)(c1ccccc1)c1ccccc1. The molecule has 0 bridgehead atoms. The van der Waals surface area contributed by atoms with Gasteiger partial charge in [0.05, 0.1) is 12.0 Å². The molecule has 1 amide bonds. The molecule has 1 heterocycles. The first-order valence-corrected chi connectivity index (χ1v) is 8.62. The average molecular weight is 334 g/mol. The lowest BCUT2D eigenvalue weighted by Crippen LogP contribution is -2.44. The molecule has 128 valence electrons. The van der Waals surface area contributed by atoms with Crippen LogP contribution in [0.25, 0.3) is 0 Å². The Morgan fingerprint density at radius 3 is 2.16 bits per heavy atom. The molecule has 4 heteroatoms. The maximum atomic E-state index is 13.1. The molecule has 3 rings (SSSR count). The predicted octanol–water partition coefficient (Wildman–Crippen LogP) is 2.81. The largest absolute Gasteiger partial charge is 0.355 e. The summed E-state index contributed by atoms with van der Waals surface area (Å²) < 4.78 is 2.07. The van der Waals surface area contributed by atoms with Crippen molar-refractivity contribution in [2.24, 2.45) is 0 Å². The molecule has 0 radical (unpaired) electrons. The zero-order chi connectivity index (χ0) is 17.5. The first-order valence-electron chi connectivity index (χ1n) is 8.62. The van der Waals surface area contributed by atoms with Crippen LogP contribution in [0.3, 0.4) is 0 Å². The fourth-order valence-electron chi connectivity index (χ4n) is 3.07. The molecule has 0 aliphatic rings. The number of hydrogen-bond acceptors (Lipinski definition) is 1. The van der Waals surface area contributed by atoms with Crippen LogP contribution in [-0.2, 0) is 16.8 Å². The number of benzene rings is 2. The molecule has 0 saturated heterocycles. The highest BCUT2D eigenvalue weighted by atomic mass is 16.2. The Bertz CT molecular complexity index is 743. The number of nitrogens with zero attached hydrogens (tertiary/aromatic N) is 1. The Kier molecular flexibility index (Phi) is 5.29. The lowest BCUT2D eigenvalue weighted by atomic mass is 9.75. The number of aryl methyl sites for hydroxylation is 1.